The third kappa shape index (κ3) is 3.13. The topological polar surface area (TPSA) is 67.9 Å². The molecule has 2 aromatic rings. The number of methoxy groups -OCH3 is 2. The van der Waals surface area contributed by atoms with E-state index in [4.69, 9.17) is 9.47 Å². The number of allylic oxidation sites excluding steroid dienone is 1. The summed E-state index contributed by atoms with van der Waals surface area (Å²) in [5, 5.41) is 2.78. The van der Waals surface area contributed by atoms with Gasteiger partial charge in [0.2, 0.25) is 5.91 Å². The summed E-state index contributed by atoms with van der Waals surface area (Å²) in [5.74, 6) is 0.505. The van der Waals surface area contributed by atoms with Gasteiger partial charge in [-0.1, -0.05) is 24.3 Å². The van der Waals surface area contributed by atoms with Crippen molar-refractivity contribution in [2.75, 3.05) is 31.0 Å². The van der Waals surface area contributed by atoms with Crippen molar-refractivity contribution in [2.24, 2.45) is 0 Å². The monoisotopic (exact) mass is 352 g/mol. The molecular formula is C20H20N2O4. The van der Waals surface area contributed by atoms with Gasteiger partial charge in [-0.2, -0.15) is 0 Å². The van der Waals surface area contributed by atoms with Crippen LogP contribution in [-0.4, -0.2) is 32.6 Å². The highest BCUT2D eigenvalue weighted by atomic mass is 16.5. The number of ether oxygens (including phenoxy) is 2. The van der Waals surface area contributed by atoms with Crippen molar-refractivity contribution in [3.8, 4) is 11.5 Å². The van der Waals surface area contributed by atoms with Gasteiger partial charge in [-0.25, -0.2) is 0 Å². The molecule has 1 heterocycles. The van der Waals surface area contributed by atoms with Gasteiger partial charge in [0.05, 0.1) is 25.6 Å². The largest absolute Gasteiger partial charge is 0.493 e. The van der Waals surface area contributed by atoms with Crippen molar-refractivity contribution >= 4 is 29.3 Å². The molecule has 0 fully saturated rings. The predicted octanol–water partition coefficient (Wildman–Crippen LogP) is 3.34. The van der Waals surface area contributed by atoms with E-state index in [9.17, 15) is 9.59 Å². The van der Waals surface area contributed by atoms with Crippen molar-refractivity contribution in [1.29, 1.82) is 0 Å². The van der Waals surface area contributed by atoms with Crippen molar-refractivity contribution in [1.82, 2.24) is 0 Å². The average molecular weight is 352 g/mol. The number of para-hydroxylation sites is 2. The van der Waals surface area contributed by atoms with Crippen LogP contribution in [0.5, 0.6) is 11.5 Å². The van der Waals surface area contributed by atoms with Crippen LogP contribution in [0, 0.1) is 0 Å². The van der Waals surface area contributed by atoms with E-state index in [1.807, 2.05) is 31.2 Å². The molecule has 0 aromatic heterocycles. The Kier molecular flexibility index (Phi) is 4.93. The quantitative estimate of drug-likeness (QED) is 0.916. The van der Waals surface area contributed by atoms with Gasteiger partial charge in [0.25, 0.3) is 5.91 Å². The molecule has 0 saturated carbocycles. The second-order valence-electron chi connectivity index (χ2n) is 5.76. The number of rotatable bonds is 4. The van der Waals surface area contributed by atoms with Gasteiger partial charge in [0, 0.05) is 11.1 Å². The third-order valence-corrected chi connectivity index (χ3v) is 4.12. The van der Waals surface area contributed by atoms with Gasteiger partial charge >= 0.3 is 0 Å². The van der Waals surface area contributed by atoms with Crippen LogP contribution in [0.25, 0.3) is 6.08 Å². The van der Waals surface area contributed by atoms with Gasteiger partial charge in [0.15, 0.2) is 11.5 Å². The summed E-state index contributed by atoms with van der Waals surface area (Å²) < 4.78 is 10.8. The molecule has 0 saturated heterocycles. The molecule has 0 unspecified atom stereocenters. The van der Waals surface area contributed by atoms with Crippen LogP contribution in [0.15, 0.2) is 42.5 Å². The Morgan fingerprint density at radius 2 is 1.96 bits per heavy atom. The molecule has 2 amide bonds. The number of anilines is 2. The molecule has 3 rings (SSSR count). The standard InChI is InChI=1S/C20H20N2O4/c1-4-7-13-10-14(11-17(25-2)19(13)26-3)20(24)22-12-18(23)21-15-8-5-6-9-16(15)22/h4-11H,12H2,1-3H3,(H,21,23)/b7-4+. The van der Waals surface area contributed by atoms with Crippen molar-refractivity contribution in [2.45, 2.75) is 6.92 Å². The first-order valence-electron chi connectivity index (χ1n) is 8.18. The molecule has 1 aliphatic heterocycles. The minimum Gasteiger partial charge on any atom is -0.493 e. The van der Waals surface area contributed by atoms with E-state index >= 15 is 0 Å². The molecule has 134 valence electrons. The van der Waals surface area contributed by atoms with Gasteiger partial charge in [-0.15, -0.1) is 0 Å². The molecule has 6 heteroatoms. The Labute approximate surface area is 152 Å². The fraction of sp³-hybridized carbons (Fsp3) is 0.200. The summed E-state index contributed by atoms with van der Waals surface area (Å²) in [6, 6.07) is 10.6. The van der Waals surface area contributed by atoms with Gasteiger partial charge in [-0.3, -0.25) is 14.5 Å². The van der Waals surface area contributed by atoms with Crippen LogP contribution in [0.3, 0.4) is 0 Å². The number of nitrogens with one attached hydrogen (secondary N) is 1. The van der Waals surface area contributed by atoms with Crippen LogP contribution in [0.4, 0.5) is 11.4 Å². The van der Waals surface area contributed by atoms with E-state index in [1.165, 1.54) is 12.0 Å². The molecule has 6 nitrogen and oxygen atoms in total. The molecule has 0 radical (unpaired) electrons. The first kappa shape index (κ1) is 17.5. The Bertz CT molecular complexity index is 889. The number of carbonyl (C=O) groups excluding carboxylic acids is 2. The number of carbonyl (C=O) groups is 2. The number of fused-ring (bicyclic) bond motifs is 1. The highest BCUT2D eigenvalue weighted by Crippen LogP contribution is 2.35. The number of hydrogen-bond acceptors (Lipinski definition) is 4. The SMILES string of the molecule is C/C=C/c1cc(C(=O)N2CC(=O)Nc3ccccc32)cc(OC)c1OC. The lowest BCUT2D eigenvalue weighted by atomic mass is 10.1. The first-order chi connectivity index (χ1) is 12.6. The molecule has 0 aliphatic carbocycles. The fourth-order valence-corrected chi connectivity index (χ4v) is 2.99. The van der Waals surface area contributed by atoms with Gasteiger partial charge in [0.1, 0.15) is 6.54 Å². The second kappa shape index (κ2) is 7.31. The highest BCUT2D eigenvalue weighted by molar-refractivity contribution is 6.15. The van der Waals surface area contributed by atoms with Crippen LogP contribution < -0.4 is 19.7 Å². The number of hydrogen-bond donors (Lipinski definition) is 1. The zero-order valence-electron chi connectivity index (χ0n) is 14.9. The van der Waals surface area contributed by atoms with E-state index in [0.29, 0.717) is 28.4 Å². The maximum atomic E-state index is 13.2. The zero-order chi connectivity index (χ0) is 18.7. The summed E-state index contributed by atoms with van der Waals surface area (Å²) in [5.41, 5.74) is 2.43. The van der Waals surface area contributed by atoms with Crippen molar-refractivity contribution < 1.29 is 19.1 Å². The second-order valence-corrected chi connectivity index (χ2v) is 5.76. The molecule has 1 N–H and O–H groups in total. The Morgan fingerprint density at radius 3 is 2.65 bits per heavy atom. The normalized spacial score (nSPS) is 13.3. The van der Waals surface area contributed by atoms with Crippen LogP contribution >= 0.6 is 0 Å². The zero-order valence-corrected chi connectivity index (χ0v) is 14.9. The lowest BCUT2D eigenvalue weighted by Crippen LogP contribution is -2.42. The number of nitrogens with zero attached hydrogens (tertiary/aromatic N) is 1. The molecule has 26 heavy (non-hydrogen) atoms. The number of amides is 2. The maximum absolute atomic E-state index is 13.2. The Balaban J connectivity index is 2.08. The van der Waals surface area contributed by atoms with E-state index in [2.05, 4.69) is 5.32 Å². The highest BCUT2D eigenvalue weighted by Gasteiger charge is 2.28. The van der Waals surface area contributed by atoms with E-state index < -0.39 is 0 Å². The average Bonchev–Trinajstić information content (AvgIpc) is 2.66. The minimum atomic E-state index is -0.279. The molecule has 0 bridgehead atoms. The summed E-state index contributed by atoms with van der Waals surface area (Å²) in [6.45, 7) is 1.84. The summed E-state index contributed by atoms with van der Waals surface area (Å²) in [4.78, 5) is 26.6. The van der Waals surface area contributed by atoms with Crippen molar-refractivity contribution in [3.05, 3.63) is 53.6 Å². The van der Waals surface area contributed by atoms with E-state index in [0.717, 1.165) is 5.56 Å². The lowest BCUT2D eigenvalue weighted by Gasteiger charge is -2.29. The van der Waals surface area contributed by atoms with Gasteiger partial charge < -0.3 is 14.8 Å². The molecule has 2 aromatic carbocycles. The van der Waals surface area contributed by atoms with Gasteiger partial charge in [-0.05, 0) is 31.2 Å². The van der Waals surface area contributed by atoms with E-state index in [1.54, 1.807) is 31.4 Å². The molecular weight excluding hydrogens is 332 g/mol. The Hall–Kier alpha value is -3.28. The van der Waals surface area contributed by atoms with Crippen LogP contribution in [0.2, 0.25) is 0 Å². The third-order valence-electron chi connectivity index (χ3n) is 4.12. The summed E-state index contributed by atoms with van der Waals surface area (Å²) in [7, 11) is 3.08. The molecule has 0 atom stereocenters. The fourth-order valence-electron chi connectivity index (χ4n) is 2.99. The molecule has 1 aliphatic rings. The lowest BCUT2D eigenvalue weighted by molar-refractivity contribution is -0.115. The van der Waals surface area contributed by atoms with Crippen molar-refractivity contribution in [3.63, 3.8) is 0 Å². The minimum absolute atomic E-state index is 0.0385. The first-order valence-corrected chi connectivity index (χ1v) is 8.18. The number of benzene rings is 2. The predicted molar refractivity (Wildman–Crippen MR) is 101 cm³/mol. The molecule has 0 spiro atoms. The van der Waals surface area contributed by atoms with Crippen LogP contribution in [-0.2, 0) is 4.79 Å². The van der Waals surface area contributed by atoms with Crippen LogP contribution in [0.1, 0.15) is 22.8 Å². The Morgan fingerprint density at radius 1 is 1.19 bits per heavy atom. The van der Waals surface area contributed by atoms with E-state index in [-0.39, 0.29) is 18.4 Å². The smallest absolute Gasteiger partial charge is 0.258 e. The maximum Gasteiger partial charge on any atom is 0.258 e. The summed E-state index contributed by atoms with van der Waals surface area (Å²) >= 11 is 0. The summed E-state index contributed by atoms with van der Waals surface area (Å²) in [6.07, 6.45) is 3.70.